The maximum atomic E-state index is 11.8. The van der Waals surface area contributed by atoms with Gasteiger partial charge in [0.2, 0.25) is 5.91 Å². The average molecular weight is 285 g/mol. The largest absolute Gasteiger partial charge is 0.396 e. The predicted octanol–water partition coefficient (Wildman–Crippen LogP) is 0.705. The molecule has 6 heteroatoms. The number of nitrogens with one attached hydrogen (secondary N) is 2. The zero-order valence-corrected chi connectivity index (χ0v) is 12.7. The molecule has 1 rings (SSSR count). The van der Waals surface area contributed by atoms with Crippen LogP contribution in [-0.4, -0.2) is 53.7 Å². The van der Waals surface area contributed by atoms with Gasteiger partial charge in [0.1, 0.15) is 0 Å². The van der Waals surface area contributed by atoms with Gasteiger partial charge in [-0.15, -0.1) is 0 Å². The summed E-state index contributed by atoms with van der Waals surface area (Å²) < 4.78 is 0. The summed E-state index contributed by atoms with van der Waals surface area (Å²) in [5, 5.41) is 14.0. The maximum absolute atomic E-state index is 11.8. The second-order valence-electron chi connectivity index (χ2n) is 6.51. The molecule has 0 aromatic rings. The molecule has 116 valence electrons. The minimum Gasteiger partial charge on any atom is -0.396 e. The van der Waals surface area contributed by atoms with Gasteiger partial charge in [0, 0.05) is 18.7 Å². The standard InChI is InChI=1S/C14H27N3O3/c1-14(2,3)16-13(20)15-12(19)10-17-7-4-5-11(9-17)6-8-18/h11,18H,4-10H2,1-3H3,(H2,15,16,19,20). The van der Waals surface area contributed by atoms with E-state index in [2.05, 4.69) is 10.6 Å². The van der Waals surface area contributed by atoms with Gasteiger partial charge in [0.15, 0.2) is 0 Å². The molecule has 0 aromatic heterocycles. The molecule has 1 aliphatic rings. The first kappa shape index (κ1) is 16.9. The van der Waals surface area contributed by atoms with Crippen molar-refractivity contribution in [1.82, 2.24) is 15.5 Å². The number of aliphatic hydroxyl groups is 1. The van der Waals surface area contributed by atoms with Crippen LogP contribution in [0.1, 0.15) is 40.0 Å². The van der Waals surface area contributed by atoms with E-state index in [9.17, 15) is 9.59 Å². The van der Waals surface area contributed by atoms with E-state index >= 15 is 0 Å². The first-order chi connectivity index (χ1) is 9.30. The van der Waals surface area contributed by atoms with Crippen molar-refractivity contribution in [3.05, 3.63) is 0 Å². The van der Waals surface area contributed by atoms with Gasteiger partial charge in [-0.05, 0) is 52.5 Å². The van der Waals surface area contributed by atoms with Gasteiger partial charge in [-0.2, -0.15) is 0 Å². The number of amides is 3. The highest BCUT2D eigenvalue weighted by atomic mass is 16.3. The summed E-state index contributed by atoms with van der Waals surface area (Å²) in [6, 6.07) is -0.452. The molecule has 0 aliphatic carbocycles. The lowest BCUT2D eigenvalue weighted by Crippen LogP contribution is -2.51. The molecule has 0 bridgehead atoms. The van der Waals surface area contributed by atoms with E-state index in [1.807, 2.05) is 25.7 Å². The van der Waals surface area contributed by atoms with Crippen LogP contribution in [0.5, 0.6) is 0 Å². The highest BCUT2D eigenvalue weighted by Gasteiger charge is 2.22. The Balaban J connectivity index is 2.33. The number of carbonyl (C=O) groups excluding carboxylic acids is 2. The fourth-order valence-corrected chi connectivity index (χ4v) is 2.45. The average Bonchev–Trinajstić information content (AvgIpc) is 2.26. The Morgan fingerprint density at radius 3 is 2.65 bits per heavy atom. The summed E-state index contributed by atoms with van der Waals surface area (Å²) in [5.41, 5.74) is -0.359. The van der Waals surface area contributed by atoms with Crippen LogP contribution >= 0.6 is 0 Å². The van der Waals surface area contributed by atoms with Gasteiger partial charge >= 0.3 is 6.03 Å². The van der Waals surface area contributed by atoms with Crippen LogP contribution in [0.3, 0.4) is 0 Å². The summed E-state index contributed by atoms with van der Waals surface area (Å²) in [7, 11) is 0. The van der Waals surface area contributed by atoms with Crippen molar-refractivity contribution < 1.29 is 14.7 Å². The van der Waals surface area contributed by atoms with Crippen molar-refractivity contribution in [3.8, 4) is 0 Å². The van der Waals surface area contributed by atoms with Crippen molar-refractivity contribution >= 4 is 11.9 Å². The number of nitrogens with zero attached hydrogens (tertiary/aromatic N) is 1. The molecule has 1 heterocycles. The maximum Gasteiger partial charge on any atom is 0.321 e. The van der Waals surface area contributed by atoms with Crippen molar-refractivity contribution in [2.75, 3.05) is 26.2 Å². The fraction of sp³-hybridized carbons (Fsp3) is 0.857. The zero-order chi connectivity index (χ0) is 15.2. The Kier molecular flexibility index (Phi) is 6.42. The molecule has 1 aliphatic heterocycles. The highest BCUT2D eigenvalue weighted by molar-refractivity contribution is 5.95. The van der Waals surface area contributed by atoms with Crippen molar-refractivity contribution in [3.63, 3.8) is 0 Å². The van der Waals surface area contributed by atoms with Crippen LogP contribution in [0.2, 0.25) is 0 Å². The second kappa shape index (κ2) is 7.59. The van der Waals surface area contributed by atoms with Crippen LogP contribution < -0.4 is 10.6 Å². The van der Waals surface area contributed by atoms with Gasteiger partial charge in [0.25, 0.3) is 0 Å². The van der Waals surface area contributed by atoms with Gasteiger partial charge < -0.3 is 10.4 Å². The minimum absolute atomic E-state index is 0.193. The van der Waals surface area contributed by atoms with E-state index in [1.54, 1.807) is 0 Å². The van der Waals surface area contributed by atoms with Crippen LogP contribution in [-0.2, 0) is 4.79 Å². The highest BCUT2D eigenvalue weighted by Crippen LogP contribution is 2.18. The number of rotatable bonds is 4. The molecular formula is C14H27N3O3. The smallest absolute Gasteiger partial charge is 0.321 e. The van der Waals surface area contributed by atoms with E-state index in [0.29, 0.717) is 5.92 Å². The summed E-state index contributed by atoms with van der Waals surface area (Å²) in [6.45, 7) is 7.70. The number of likely N-dealkylation sites (tertiary alicyclic amines) is 1. The predicted molar refractivity (Wildman–Crippen MR) is 77.3 cm³/mol. The monoisotopic (exact) mass is 285 g/mol. The second-order valence-corrected chi connectivity index (χ2v) is 6.51. The lowest BCUT2D eigenvalue weighted by Gasteiger charge is -2.31. The first-order valence-electron chi connectivity index (χ1n) is 7.25. The molecule has 0 spiro atoms. The van der Waals surface area contributed by atoms with Crippen LogP contribution in [0.25, 0.3) is 0 Å². The van der Waals surface area contributed by atoms with E-state index < -0.39 is 6.03 Å². The van der Waals surface area contributed by atoms with E-state index in [-0.39, 0.29) is 24.6 Å². The molecule has 1 saturated heterocycles. The van der Waals surface area contributed by atoms with Crippen LogP contribution in [0, 0.1) is 5.92 Å². The topological polar surface area (TPSA) is 81.7 Å². The summed E-state index contributed by atoms with van der Waals surface area (Å²) >= 11 is 0. The van der Waals surface area contributed by atoms with Crippen molar-refractivity contribution in [2.24, 2.45) is 5.92 Å². The van der Waals surface area contributed by atoms with Gasteiger partial charge in [-0.3, -0.25) is 15.0 Å². The summed E-state index contributed by atoms with van der Waals surface area (Å²) in [6.07, 6.45) is 2.91. The number of piperidine rings is 1. The van der Waals surface area contributed by atoms with Gasteiger partial charge in [0.05, 0.1) is 6.54 Å². The number of imide groups is 1. The van der Waals surface area contributed by atoms with Crippen LogP contribution in [0.4, 0.5) is 4.79 Å². The number of hydrogen-bond donors (Lipinski definition) is 3. The van der Waals surface area contributed by atoms with E-state index in [0.717, 1.165) is 32.4 Å². The first-order valence-corrected chi connectivity index (χ1v) is 7.25. The Morgan fingerprint density at radius 2 is 2.05 bits per heavy atom. The summed E-state index contributed by atoms with van der Waals surface area (Å²) in [4.78, 5) is 25.4. The molecule has 20 heavy (non-hydrogen) atoms. The number of hydrogen-bond acceptors (Lipinski definition) is 4. The molecule has 1 unspecified atom stereocenters. The Hall–Kier alpha value is -1.14. The summed E-state index contributed by atoms with van der Waals surface area (Å²) in [5.74, 6) is 0.168. The van der Waals surface area contributed by atoms with E-state index in [1.165, 1.54) is 0 Å². The molecule has 3 amide bonds. The molecule has 3 N–H and O–H groups in total. The van der Waals surface area contributed by atoms with Crippen LogP contribution in [0.15, 0.2) is 0 Å². The number of aliphatic hydroxyl groups excluding tert-OH is 1. The fourth-order valence-electron chi connectivity index (χ4n) is 2.45. The SMILES string of the molecule is CC(C)(C)NC(=O)NC(=O)CN1CCCC(CCO)C1. The molecule has 1 fully saturated rings. The molecule has 0 radical (unpaired) electrons. The van der Waals surface area contributed by atoms with Gasteiger partial charge in [-0.25, -0.2) is 4.79 Å². The quantitative estimate of drug-likeness (QED) is 0.710. The molecule has 0 aromatic carbocycles. The van der Waals surface area contributed by atoms with Crippen molar-refractivity contribution in [1.29, 1.82) is 0 Å². The Bertz CT molecular complexity index is 337. The Labute approximate surface area is 120 Å². The lowest BCUT2D eigenvalue weighted by molar-refractivity contribution is -0.121. The number of urea groups is 1. The third-order valence-corrected chi connectivity index (χ3v) is 3.25. The van der Waals surface area contributed by atoms with Gasteiger partial charge in [-0.1, -0.05) is 0 Å². The molecule has 6 nitrogen and oxygen atoms in total. The molecule has 0 saturated carbocycles. The van der Waals surface area contributed by atoms with Crippen molar-refractivity contribution in [2.45, 2.75) is 45.6 Å². The minimum atomic E-state index is -0.452. The van der Waals surface area contributed by atoms with E-state index in [4.69, 9.17) is 5.11 Å². The third kappa shape index (κ3) is 6.86. The Morgan fingerprint density at radius 1 is 1.35 bits per heavy atom. The lowest BCUT2D eigenvalue weighted by atomic mass is 9.95. The number of carbonyl (C=O) groups is 2. The molecular weight excluding hydrogens is 258 g/mol. The molecule has 1 atom stereocenters. The third-order valence-electron chi connectivity index (χ3n) is 3.25. The zero-order valence-electron chi connectivity index (χ0n) is 12.7. The normalized spacial score (nSPS) is 20.5.